The van der Waals surface area contributed by atoms with E-state index in [9.17, 15) is 0 Å². The predicted molar refractivity (Wildman–Crippen MR) is 134 cm³/mol. The Morgan fingerprint density at radius 2 is 1.07 bits per heavy atom. The second-order valence-electron chi connectivity index (χ2n) is 9.60. The fourth-order valence-electron chi connectivity index (χ4n) is 4.59. The van der Waals surface area contributed by atoms with Crippen molar-refractivity contribution in [3.63, 3.8) is 0 Å². The SMILES string of the molecule is CCCCCCCCCCCCC(CCCCCCCCCC)Cn1cnc(N)c1. The number of anilines is 1. The summed E-state index contributed by atoms with van der Waals surface area (Å²) >= 11 is 0. The van der Waals surface area contributed by atoms with Gasteiger partial charge in [-0.25, -0.2) is 4.98 Å². The number of nitrogens with two attached hydrogens (primary N) is 1. The normalized spacial score (nSPS) is 12.5. The first-order chi connectivity index (χ1) is 14.8. The Balaban J connectivity index is 2.13. The van der Waals surface area contributed by atoms with Crippen LogP contribution < -0.4 is 5.73 Å². The van der Waals surface area contributed by atoms with Gasteiger partial charge in [-0.2, -0.15) is 0 Å². The molecule has 1 rings (SSSR count). The van der Waals surface area contributed by atoms with Crippen molar-refractivity contribution in [2.45, 2.75) is 149 Å². The van der Waals surface area contributed by atoms with Crippen molar-refractivity contribution >= 4 is 5.82 Å². The largest absolute Gasteiger partial charge is 0.382 e. The number of hydrogen-bond acceptors (Lipinski definition) is 2. The number of rotatable bonds is 22. The minimum Gasteiger partial charge on any atom is -0.382 e. The van der Waals surface area contributed by atoms with Crippen molar-refractivity contribution in [2.75, 3.05) is 5.73 Å². The molecule has 0 amide bonds. The summed E-state index contributed by atoms with van der Waals surface area (Å²) in [6.07, 6.45) is 32.1. The molecule has 1 heterocycles. The van der Waals surface area contributed by atoms with Crippen molar-refractivity contribution in [1.82, 2.24) is 9.55 Å². The number of nitrogens with zero attached hydrogens (tertiary/aromatic N) is 2. The van der Waals surface area contributed by atoms with E-state index >= 15 is 0 Å². The first-order valence-electron chi connectivity index (χ1n) is 13.5. The summed E-state index contributed by atoms with van der Waals surface area (Å²) in [5.41, 5.74) is 5.82. The Hall–Kier alpha value is -0.990. The smallest absolute Gasteiger partial charge is 0.141 e. The highest BCUT2D eigenvalue weighted by Crippen LogP contribution is 2.22. The van der Waals surface area contributed by atoms with E-state index in [1.54, 1.807) is 0 Å². The molecule has 0 spiro atoms. The van der Waals surface area contributed by atoms with Crippen molar-refractivity contribution in [3.8, 4) is 0 Å². The molecule has 2 N–H and O–H groups in total. The molecule has 0 aromatic carbocycles. The van der Waals surface area contributed by atoms with Crippen LogP contribution in [0, 0.1) is 5.92 Å². The Bertz CT molecular complexity index is 468. The average molecular weight is 420 g/mol. The number of imidazole rings is 1. The van der Waals surface area contributed by atoms with E-state index in [0.29, 0.717) is 5.82 Å². The van der Waals surface area contributed by atoms with E-state index < -0.39 is 0 Å². The minimum atomic E-state index is 0.653. The van der Waals surface area contributed by atoms with E-state index in [1.807, 2.05) is 12.5 Å². The molecule has 1 aromatic heterocycles. The third kappa shape index (κ3) is 15.8. The standard InChI is InChI=1S/C27H53N3/c1-3-5-7-9-11-13-14-16-18-20-22-26(23-30-24-27(28)29-25-30)21-19-17-15-12-10-8-6-4-2/h24-26H,3-23,28H2,1-2H3. The highest BCUT2D eigenvalue weighted by molar-refractivity contribution is 5.22. The quantitative estimate of drug-likeness (QED) is 0.191. The lowest BCUT2D eigenvalue weighted by atomic mass is 9.94. The van der Waals surface area contributed by atoms with Gasteiger partial charge in [-0.15, -0.1) is 0 Å². The fraction of sp³-hybridized carbons (Fsp3) is 0.889. The molecule has 1 aromatic rings. The summed E-state index contributed by atoms with van der Waals surface area (Å²) in [6, 6.07) is 0. The van der Waals surface area contributed by atoms with Crippen LogP contribution in [0.4, 0.5) is 5.82 Å². The number of unbranched alkanes of at least 4 members (excludes halogenated alkanes) is 16. The van der Waals surface area contributed by atoms with Crippen LogP contribution in [-0.2, 0) is 6.54 Å². The lowest BCUT2D eigenvalue weighted by molar-refractivity contribution is 0.356. The molecule has 3 heteroatoms. The van der Waals surface area contributed by atoms with Crippen LogP contribution in [0.25, 0.3) is 0 Å². The zero-order valence-electron chi connectivity index (χ0n) is 20.6. The molecular formula is C27H53N3. The van der Waals surface area contributed by atoms with Crippen molar-refractivity contribution in [2.24, 2.45) is 5.92 Å². The Labute approximate surface area is 188 Å². The molecule has 0 aliphatic carbocycles. The first kappa shape index (κ1) is 27.0. The lowest BCUT2D eigenvalue weighted by Crippen LogP contribution is -2.10. The summed E-state index contributed by atoms with van der Waals surface area (Å²) in [6.45, 7) is 5.68. The van der Waals surface area contributed by atoms with Gasteiger partial charge in [0.25, 0.3) is 0 Å². The van der Waals surface area contributed by atoms with Crippen LogP contribution in [0.15, 0.2) is 12.5 Å². The van der Waals surface area contributed by atoms with Gasteiger partial charge in [0.1, 0.15) is 5.82 Å². The molecule has 0 aliphatic heterocycles. The van der Waals surface area contributed by atoms with Gasteiger partial charge in [0.15, 0.2) is 0 Å². The van der Waals surface area contributed by atoms with Crippen LogP contribution in [0.2, 0.25) is 0 Å². The summed E-state index contributed by atoms with van der Waals surface area (Å²) in [4.78, 5) is 4.21. The van der Waals surface area contributed by atoms with Gasteiger partial charge < -0.3 is 10.3 Å². The molecule has 176 valence electrons. The maximum atomic E-state index is 5.82. The van der Waals surface area contributed by atoms with Crippen LogP contribution in [0.3, 0.4) is 0 Å². The van der Waals surface area contributed by atoms with Crippen molar-refractivity contribution < 1.29 is 0 Å². The second-order valence-corrected chi connectivity index (χ2v) is 9.60. The lowest BCUT2D eigenvalue weighted by Gasteiger charge is -2.17. The van der Waals surface area contributed by atoms with Crippen LogP contribution in [-0.4, -0.2) is 9.55 Å². The first-order valence-corrected chi connectivity index (χ1v) is 13.5. The molecule has 1 atom stereocenters. The maximum Gasteiger partial charge on any atom is 0.141 e. The third-order valence-corrected chi connectivity index (χ3v) is 6.55. The van der Waals surface area contributed by atoms with E-state index in [4.69, 9.17) is 5.73 Å². The van der Waals surface area contributed by atoms with Gasteiger partial charge in [0, 0.05) is 12.7 Å². The van der Waals surface area contributed by atoms with Gasteiger partial charge in [0.05, 0.1) is 6.33 Å². The number of hydrogen-bond donors (Lipinski definition) is 1. The molecule has 0 radical (unpaired) electrons. The molecule has 0 aliphatic rings. The molecule has 0 fully saturated rings. The zero-order chi connectivity index (χ0) is 21.7. The van der Waals surface area contributed by atoms with Crippen LogP contribution >= 0.6 is 0 Å². The number of nitrogen functional groups attached to an aromatic ring is 1. The molecule has 1 unspecified atom stereocenters. The van der Waals surface area contributed by atoms with Crippen molar-refractivity contribution in [3.05, 3.63) is 12.5 Å². The second kappa shape index (κ2) is 19.9. The highest BCUT2D eigenvalue weighted by Gasteiger charge is 2.10. The molecule has 0 saturated heterocycles. The Morgan fingerprint density at radius 1 is 0.667 bits per heavy atom. The van der Waals surface area contributed by atoms with Gasteiger partial charge >= 0.3 is 0 Å². The average Bonchev–Trinajstić information content (AvgIpc) is 3.15. The van der Waals surface area contributed by atoms with Gasteiger partial charge in [0.2, 0.25) is 0 Å². The summed E-state index contributed by atoms with van der Waals surface area (Å²) in [7, 11) is 0. The Kier molecular flexibility index (Phi) is 18.0. The summed E-state index contributed by atoms with van der Waals surface area (Å²) in [5, 5.41) is 0. The minimum absolute atomic E-state index is 0.653. The van der Waals surface area contributed by atoms with Gasteiger partial charge in [-0.1, -0.05) is 129 Å². The summed E-state index contributed by atoms with van der Waals surface area (Å²) in [5.74, 6) is 1.44. The fourth-order valence-corrected chi connectivity index (χ4v) is 4.59. The van der Waals surface area contributed by atoms with Crippen LogP contribution in [0.1, 0.15) is 142 Å². The monoisotopic (exact) mass is 419 g/mol. The van der Waals surface area contributed by atoms with E-state index in [2.05, 4.69) is 23.4 Å². The Morgan fingerprint density at radius 3 is 1.43 bits per heavy atom. The van der Waals surface area contributed by atoms with Gasteiger partial charge in [-0.3, -0.25) is 0 Å². The summed E-state index contributed by atoms with van der Waals surface area (Å²) < 4.78 is 2.21. The molecule has 30 heavy (non-hydrogen) atoms. The van der Waals surface area contributed by atoms with E-state index in [1.165, 1.54) is 128 Å². The molecular weight excluding hydrogens is 366 g/mol. The maximum absolute atomic E-state index is 5.82. The topological polar surface area (TPSA) is 43.8 Å². The van der Waals surface area contributed by atoms with Gasteiger partial charge in [-0.05, 0) is 18.8 Å². The molecule has 0 bridgehead atoms. The van der Waals surface area contributed by atoms with Crippen LogP contribution in [0.5, 0.6) is 0 Å². The van der Waals surface area contributed by atoms with E-state index in [-0.39, 0.29) is 0 Å². The highest BCUT2D eigenvalue weighted by atomic mass is 15.1. The third-order valence-electron chi connectivity index (χ3n) is 6.55. The number of aromatic nitrogens is 2. The van der Waals surface area contributed by atoms with Crippen molar-refractivity contribution in [1.29, 1.82) is 0 Å². The predicted octanol–water partition coefficient (Wildman–Crippen LogP) is 8.92. The van der Waals surface area contributed by atoms with E-state index in [0.717, 1.165) is 12.5 Å². The zero-order valence-corrected chi connectivity index (χ0v) is 20.6. The molecule has 3 nitrogen and oxygen atoms in total. The molecule has 0 saturated carbocycles.